The molecule has 4 nitrogen and oxygen atoms in total. The molecule has 1 N–H and O–H groups in total. The van der Waals surface area contributed by atoms with Crippen LogP contribution in [0.1, 0.15) is 32.1 Å². The predicted molar refractivity (Wildman–Crippen MR) is 93.0 cm³/mol. The number of hydrogen-bond donors (Lipinski definition) is 1. The van der Waals surface area contributed by atoms with Gasteiger partial charge in [-0.2, -0.15) is 0 Å². The Hall–Kier alpha value is -2.53. The van der Waals surface area contributed by atoms with Crippen LogP contribution in [-0.2, 0) is 6.42 Å². The van der Waals surface area contributed by atoms with Gasteiger partial charge in [-0.3, -0.25) is 10.1 Å². The minimum atomic E-state index is -0.154. The zero-order valence-corrected chi connectivity index (χ0v) is 13.9. The first-order valence-corrected chi connectivity index (χ1v) is 8.18. The topological polar surface area (TPSA) is 54.9 Å². The Labute approximate surface area is 139 Å². The predicted octanol–water partition coefficient (Wildman–Crippen LogP) is 4.00. The third kappa shape index (κ3) is 4.02. The van der Waals surface area contributed by atoms with Crippen LogP contribution in [0.2, 0.25) is 0 Å². The second-order valence-electron chi connectivity index (χ2n) is 5.49. The number of hydrogen-bond acceptors (Lipinski definition) is 4. The molecular formula is C18H17N3OS. The highest BCUT2D eigenvalue weighted by molar-refractivity contribution is 7.15. The van der Waals surface area contributed by atoms with E-state index in [-0.39, 0.29) is 5.91 Å². The van der Waals surface area contributed by atoms with E-state index in [0.717, 1.165) is 22.6 Å². The Morgan fingerprint density at radius 1 is 1.04 bits per heavy atom. The summed E-state index contributed by atoms with van der Waals surface area (Å²) in [7, 11) is 0. The van der Waals surface area contributed by atoms with Crippen LogP contribution in [0.5, 0.6) is 0 Å². The van der Waals surface area contributed by atoms with Crippen molar-refractivity contribution in [2.24, 2.45) is 0 Å². The van der Waals surface area contributed by atoms with Crippen LogP contribution >= 0.6 is 11.3 Å². The van der Waals surface area contributed by atoms with E-state index in [1.54, 1.807) is 0 Å². The highest BCUT2D eigenvalue weighted by Gasteiger charge is 2.11. The largest absolute Gasteiger partial charge is 0.296 e. The van der Waals surface area contributed by atoms with Crippen molar-refractivity contribution >= 4 is 22.4 Å². The number of amides is 1. The number of rotatable bonds is 4. The van der Waals surface area contributed by atoms with Gasteiger partial charge in [-0.1, -0.05) is 58.9 Å². The third-order valence-electron chi connectivity index (χ3n) is 3.37. The summed E-state index contributed by atoms with van der Waals surface area (Å²) in [6.45, 7) is 3.96. The fourth-order valence-electron chi connectivity index (χ4n) is 2.42. The Morgan fingerprint density at radius 2 is 1.74 bits per heavy atom. The Bertz CT molecular complexity index is 807. The van der Waals surface area contributed by atoms with Crippen molar-refractivity contribution in [2.45, 2.75) is 20.3 Å². The Kier molecular flexibility index (Phi) is 4.48. The number of aromatic nitrogens is 2. The van der Waals surface area contributed by atoms with Gasteiger partial charge in [-0.25, -0.2) is 0 Å². The zero-order chi connectivity index (χ0) is 16.2. The van der Waals surface area contributed by atoms with Gasteiger partial charge in [-0.15, -0.1) is 10.2 Å². The number of carbonyl (C=O) groups excluding carboxylic acids is 1. The van der Waals surface area contributed by atoms with Crippen LogP contribution in [0, 0.1) is 13.8 Å². The number of anilines is 1. The molecular weight excluding hydrogens is 306 g/mol. The van der Waals surface area contributed by atoms with E-state index >= 15 is 0 Å². The first-order valence-electron chi connectivity index (χ1n) is 7.36. The molecule has 0 unspecified atom stereocenters. The summed E-state index contributed by atoms with van der Waals surface area (Å²) in [4.78, 5) is 12.3. The summed E-state index contributed by atoms with van der Waals surface area (Å²) in [6, 6.07) is 15.9. The van der Waals surface area contributed by atoms with Gasteiger partial charge in [0.2, 0.25) is 5.13 Å². The fraction of sp³-hybridized carbons (Fsp3) is 0.167. The quantitative estimate of drug-likeness (QED) is 0.789. The first kappa shape index (κ1) is 15.4. The minimum Gasteiger partial charge on any atom is -0.296 e. The summed E-state index contributed by atoms with van der Waals surface area (Å²) in [6.07, 6.45) is 0.720. The van der Waals surface area contributed by atoms with Crippen molar-refractivity contribution in [1.82, 2.24) is 10.2 Å². The van der Waals surface area contributed by atoms with Crippen LogP contribution < -0.4 is 5.32 Å². The molecule has 0 bridgehead atoms. The molecule has 0 radical (unpaired) electrons. The van der Waals surface area contributed by atoms with Crippen molar-refractivity contribution in [3.05, 3.63) is 75.8 Å². The van der Waals surface area contributed by atoms with Crippen LogP contribution in [0.25, 0.3) is 0 Å². The van der Waals surface area contributed by atoms with E-state index in [9.17, 15) is 4.79 Å². The number of benzene rings is 2. The summed E-state index contributed by atoms with van der Waals surface area (Å²) in [5.74, 6) is -0.154. The second kappa shape index (κ2) is 6.71. The number of nitrogens with one attached hydrogen (secondary N) is 1. The van der Waals surface area contributed by atoms with Crippen molar-refractivity contribution in [1.29, 1.82) is 0 Å². The maximum Gasteiger partial charge on any atom is 0.257 e. The van der Waals surface area contributed by atoms with E-state index < -0.39 is 0 Å². The minimum absolute atomic E-state index is 0.154. The first-order chi connectivity index (χ1) is 11.1. The van der Waals surface area contributed by atoms with Crippen molar-refractivity contribution in [2.75, 3.05) is 5.32 Å². The number of carbonyl (C=O) groups is 1. The van der Waals surface area contributed by atoms with Gasteiger partial charge in [0.15, 0.2) is 0 Å². The van der Waals surface area contributed by atoms with E-state index in [0.29, 0.717) is 10.7 Å². The molecule has 0 aliphatic heterocycles. The standard InChI is InChI=1S/C18H17N3OS/c1-12-8-13(2)10-15(9-12)17(22)19-18-21-20-16(23-18)11-14-6-4-3-5-7-14/h3-10H,11H2,1-2H3,(H,19,21,22). The lowest BCUT2D eigenvalue weighted by molar-refractivity contribution is 0.102. The molecule has 0 spiro atoms. The van der Waals surface area contributed by atoms with Gasteiger partial charge >= 0.3 is 0 Å². The van der Waals surface area contributed by atoms with Crippen LogP contribution in [0.15, 0.2) is 48.5 Å². The Morgan fingerprint density at radius 3 is 2.43 bits per heavy atom. The molecule has 23 heavy (non-hydrogen) atoms. The van der Waals surface area contributed by atoms with Gasteiger partial charge in [0, 0.05) is 12.0 Å². The lowest BCUT2D eigenvalue weighted by Crippen LogP contribution is -2.12. The van der Waals surface area contributed by atoms with Crippen molar-refractivity contribution in [3.63, 3.8) is 0 Å². The highest BCUT2D eigenvalue weighted by atomic mass is 32.1. The highest BCUT2D eigenvalue weighted by Crippen LogP contribution is 2.19. The molecule has 0 fully saturated rings. The summed E-state index contributed by atoms with van der Waals surface area (Å²) >= 11 is 1.40. The average molecular weight is 323 g/mol. The number of aryl methyl sites for hydroxylation is 2. The number of nitrogens with zero attached hydrogens (tertiary/aromatic N) is 2. The molecule has 3 aromatic rings. The molecule has 2 aromatic carbocycles. The molecule has 0 atom stereocenters. The molecule has 0 aliphatic rings. The molecule has 3 rings (SSSR count). The van der Waals surface area contributed by atoms with Crippen LogP contribution in [0.3, 0.4) is 0 Å². The molecule has 1 aromatic heterocycles. The van der Waals surface area contributed by atoms with Crippen LogP contribution in [0.4, 0.5) is 5.13 Å². The lowest BCUT2D eigenvalue weighted by Gasteiger charge is -2.04. The monoisotopic (exact) mass is 323 g/mol. The van der Waals surface area contributed by atoms with E-state index in [2.05, 4.69) is 27.6 Å². The molecule has 0 saturated carbocycles. The van der Waals surface area contributed by atoms with Gasteiger partial charge in [0.1, 0.15) is 5.01 Å². The SMILES string of the molecule is Cc1cc(C)cc(C(=O)Nc2nnc(Cc3ccccc3)s2)c1. The van der Waals surface area contributed by atoms with Gasteiger partial charge < -0.3 is 0 Å². The summed E-state index contributed by atoms with van der Waals surface area (Å²) < 4.78 is 0. The molecule has 1 amide bonds. The molecule has 116 valence electrons. The van der Waals surface area contributed by atoms with Crippen molar-refractivity contribution < 1.29 is 4.79 Å². The van der Waals surface area contributed by atoms with E-state index in [1.165, 1.54) is 16.9 Å². The molecule has 1 heterocycles. The van der Waals surface area contributed by atoms with Crippen LogP contribution in [-0.4, -0.2) is 16.1 Å². The molecule has 0 aliphatic carbocycles. The Balaban J connectivity index is 1.70. The lowest BCUT2D eigenvalue weighted by atomic mass is 10.1. The average Bonchev–Trinajstić information content (AvgIpc) is 2.94. The smallest absolute Gasteiger partial charge is 0.257 e. The van der Waals surface area contributed by atoms with Gasteiger partial charge in [0.25, 0.3) is 5.91 Å². The maximum absolute atomic E-state index is 12.3. The van der Waals surface area contributed by atoms with Gasteiger partial charge in [-0.05, 0) is 31.5 Å². The van der Waals surface area contributed by atoms with E-state index in [1.807, 2.05) is 50.2 Å². The zero-order valence-electron chi connectivity index (χ0n) is 13.0. The van der Waals surface area contributed by atoms with Crippen molar-refractivity contribution in [3.8, 4) is 0 Å². The maximum atomic E-state index is 12.3. The summed E-state index contributed by atoms with van der Waals surface area (Å²) in [5, 5.41) is 12.4. The third-order valence-corrected chi connectivity index (χ3v) is 4.21. The fourth-order valence-corrected chi connectivity index (χ4v) is 3.19. The van der Waals surface area contributed by atoms with E-state index in [4.69, 9.17) is 0 Å². The summed E-state index contributed by atoms with van der Waals surface area (Å²) in [5.41, 5.74) is 3.95. The van der Waals surface area contributed by atoms with Gasteiger partial charge in [0.05, 0.1) is 0 Å². The normalized spacial score (nSPS) is 10.5. The molecule has 5 heteroatoms. The second-order valence-corrected chi connectivity index (χ2v) is 6.56. The molecule has 0 saturated heterocycles.